The Bertz CT molecular complexity index is 492. The Labute approximate surface area is 128 Å². The van der Waals surface area contributed by atoms with Gasteiger partial charge in [-0.25, -0.2) is 9.97 Å². The molecule has 1 unspecified atom stereocenters. The maximum Gasteiger partial charge on any atom is 0.136 e. The van der Waals surface area contributed by atoms with Crippen molar-refractivity contribution in [3.05, 3.63) is 11.4 Å². The summed E-state index contributed by atoms with van der Waals surface area (Å²) >= 11 is 0. The van der Waals surface area contributed by atoms with Crippen LogP contribution in [0, 0.1) is 18.8 Å². The first kappa shape index (κ1) is 14.6. The number of hydrogen-bond acceptors (Lipinski definition) is 4. The van der Waals surface area contributed by atoms with Gasteiger partial charge in [-0.2, -0.15) is 0 Å². The van der Waals surface area contributed by atoms with Gasteiger partial charge in [0.2, 0.25) is 0 Å². The van der Waals surface area contributed by atoms with Gasteiger partial charge >= 0.3 is 0 Å². The van der Waals surface area contributed by atoms with E-state index in [1.807, 2.05) is 0 Å². The molecule has 3 rings (SSSR count). The molecule has 0 spiro atoms. The Morgan fingerprint density at radius 3 is 2.33 bits per heavy atom. The third-order valence-corrected chi connectivity index (χ3v) is 4.67. The average Bonchev–Trinajstić information content (AvgIpc) is 3.36. The lowest BCUT2D eigenvalue weighted by Gasteiger charge is -2.17. The normalized spacial score (nSPS) is 19.4. The highest BCUT2D eigenvalue weighted by Gasteiger charge is 2.29. The summed E-state index contributed by atoms with van der Waals surface area (Å²) in [5, 5.41) is 7.04. The topological polar surface area (TPSA) is 49.8 Å². The fourth-order valence-electron chi connectivity index (χ4n) is 2.74. The number of nitrogens with zero attached hydrogens (tertiary/aromatic N) is 2. The zero-order valence-corrected chi connectivity index (χ0v) is 13.6. The van der Waals surface area contributed by atoms with Crippen LogP contribution >= 0.6 is 0 Å². The van der Waals surface area contributed by atoms with E-state index in [4.69, 9.17) is 9.97 Å². The zero-order valence-electron chi connectivity index (χ0n) is 13.6. The van der Waals surface area contributed by atoms with Gasteiger partial charge in [-0.15, -0.1) is 0 Å². The number of aromatic nitrogens is 2. The van der Waals surface area contributed by atoms with Crippen molar-refractivity contribution >= 4 is 11.6 Å². The van der Waals surface area contributed by atoms with Crippen LogP contribution in [0.4, 0.5) is 11.6 Å². The van der Waals surface area contributed by atoms with Crippen molar-refractivity contribution in [1.82, 2.24) is 9.97 Å². The van der Waals surface area contributed by atoms with E-state index in [0.717, 1.165) is 54.4 Å². The molecule has 1 aromatic heterocycles. The molecule has 1 atom stereocenters. The van der Waals surface area contributed by atoms with Crippen molar-refractivity contribution in [3.8, 4) is 0 Å². The lowest BCUT2D eigenvalue weighted by molar-refractivity contribution is 0.535. The van der Waals surface area contributed by atoms with Gasteiger partial charge in [0.05, 0.1) is 0 Å². The van der Waals surface area contributed by atoms with Crippen molar-refractivity contribution in [2.75, 3.05) is 23.7 Å². The van der Waals surface area contributed by atoms with E-state index in [9.17, 15) is 0 Å². The Balaban J connectivity index is 1.74. The quantitative estimate of drug-likeness (QED) is 0.760. The molecule has 2 aliphatic rings. The average molecular weight is 288 g/mol. The molecule has 1 aromatic rings. The Hall–Kier alpha value is -1.32. The Kier molecular flexibility index (Phi) is 4.32. The van der Waals surface area contributed by atoms with Crippen molar-refractivity contribution in [2.24, 2.45) is 11.8 Å². The monoisotopic (exact) mass is 288 g/mol. The summed E-state index contributed by atoms with van der Waals surface area (Å²) < 4.78 is 0. The van der Waals surface area contributed by atoms with Crippen LogP contribution in [0.15, 0.2) is 0 Å². The van der Waals surface area contributed by atoms with Crippen LogP contribution in [-0.2, 0) is 0 Å². The van der Waals surface area contributed by atoms with Gasteiger partial charge in [0.1, 0.15) is 17.5 Å². The fraction of sp³-hybridized carbons (Fsp3) is 0.765. The van der Waals surface area contributed by atoms with Crippen LogP contribution in [-0.4, -0.2) is 23.1 Å². The second-order valence-electron chi connectivity index (χ2n) is 6.80. The van der Waals surface area contributed by atoms with Crippen LogP contribution in [0.3, 0.4) is 0 Å². The van der Waals surface area contributed by atoms with E-state index in [2.05, 4.69) is 31.4 Å². The fourth-order valence-corrected chi connectivity index (χ4v) is 2.74. The molecule has 2 aliphatic carbocycles. The third-order valence-electron chi connectivity index (χ3n) is 4.67. The van der Waals surface area contributed by atoms with Crippen molar-refractivity contribution < 1.29 is 0 Å². The lowest BCUT2D eigenvalue weighted by atomic mass is 10.1. The first-order valence-electron chi connectivity index (χ1n) is 8.55. The molecule has 0 radical (unpaired) electrons. The van der Waals surface area contributed by atoms with Gasteiger partial charge < -0.3 is 10.6 Å². The smallest absolute Gasteiger partial charge is 0.136 e. The molecular weight excluding hydrogens is 260 g/mol. The number of anilines is 2. The highest BCUT2D eigenvalue weighted by atomic mass is 15.1. The zero-order chi connectivity index (χ0) is 14.8. The summed E-state index contributed by atoms with van der Waals surface area (Å²) in [6.07, 6.45) is 6.41. The second-order valence-corrected chi connectivity index (χ2v) is 6.80. The molecule has 0 bridgehead atoms. The standard InChI is InChI=1S/C17H28N4/c1-4-9-18-15-12(3)16(19-10-11(2)13-5-6-13)21-17(20-15)14-7-8-14/h11,13-14H,4-10H2,1-3H3,(H2,18,19,20,21). The maximum atomic E-state index is 4.79. The van der Waals surface area contributed by atoms with Gasteiger partial charge in [0.25, 0.3) is 0 Å². The van der Waals surface area contributed by atoms with E-state index in [0.29, 0.717) is 5.92 Å². The van der Waals surface area contributed by atoms with E-state index in [1.54, 1.807) is 0 Å². The molecule has 4 heteroatoms. The Morgan fingerprint density at radius 2 is 1.76 bits per heavy atom. The first-order valence-corrected chi connectivity index (χ1v) is 8.55. The summed E-state index contributed by atoms with van der Waals surface area (Å²) in [6, 6.07) is 0. The maximum absolute atomic E-state index is 4.79. The summed E-state index contributed by atoms with van der Waals surface area (Å²) in [7, 11) is 0. The minimum absolute atomic E-state index is 0.592. The second kappa shape index (κ2) is 6.20. The number of rotatable bonds is 8. The van der Waals surface area contributed by atoms with E-state index < -0.39 is 0 Å². The largest absolute Gasteiger partial charge is 0.370 e. The molecule has 0 saturated heterocycles. The molecule has 116 valence electrons. The minimum Gasteiger partial charge on any atom is -0.370 e. The van der Waals surface area contributed by atoms with Crippen LogP contribution in [0.2, 0.25) is 0 Å². The molecule has 4 nitrogen and oxygen atoms in total. The van der Waals surface area contributed by atoms with E-state index in [-0.39, 0.29) is 0 Å². The molecule has 2 N–H and O–H groups in total. The van der Waals surface area contributed by atoms with Gasteiger partial charge in [-0.05, 0) is 50.9 Å². The summed E-state index contributed by atoms with van der Waals surface area (Å²) in [6.45, 7) is 8.65. The molecule has 2 fully saturated rings. The third kappa shape index (κ3) is 3.66. The number of nitrogens with one attached hydrogen (secondary N) is 2. The summed E-state index contributed by atoms with van der Waals surface area (Å²) in [5.74, 6) is 5.36. The SMILES string of the molecule is CCCNc1nc(C2CC2)nc(NCC(C)C2CC2)c1C. The number of hydrogen-bond donors (Lipinski definition) is 2. The van der Waals surface area contributed by atoms with E-state index in [1.165, 1.54) is 25.7 Å². The van der Waals surface area contributed by atoms with Gasteiger partial charge in [-0.3, -0.25) is 0 Å². The molecule has 2 saturated carbocycles. The molecule has 0 aromatic carbocycles. The predicted molar refractivity (Wildman–Crippen MR) is 87.9 cm³/mol. The Morgan fingerprint density at radius 1 is 1.10 bits per heavy atom. The van der Waals surface area contributed by atoms with Crippen LogP contribution < -0.4 is 10.6 Å². The van der Waals surface area contributed by atoms with E-state index >= 15 is 0 Å². The van der Waals surface area contributed by atoms with Crippen LogP contribution in [0.25, 0.3) is 0 Å². The van der Waals surface area contributed by atoms with Gasteiger partial charge in [0.15, 0.2) is 0 Å². The van der Waals surface area contributed by atoms with Gasteiger partial charge in [-0.1, -0.05) is 13.8 Å². The molecule has 21 heavy (non-hydrogen) atoms. The lowest BCUT2D eigenvalue weighted by Crippen LogP contribution is -2.17. The van der Waals surface area contributed by atoms with Crippen LogP contribution in [0.5, 0.6) is 0 Å². The summed E-state index contributed by atoms with van der Waals surface area (Å²) in [5.41, 5.74) is 1.16. The molecule has 1 heterocycles. The van der Waals surface area contributed by atoms with Crippen molar-refractivity contribution in [2.45, 2.75) is 58.8 Å². The first-order chi connectivity index (χ1) is 10.2. The molecule has 0 amide bonds. The van der Waals surface area contributed by atoms with Crippen molar-refractivity contribution in [3.63, 3.8) is 0 Å². The highest BCUT2D eigenvalue weighted by molar-refractivity contribution is 5.57. The predicted octanol–water partition coefficient (Wildman–Crippen LogP) is 3.94. The van der Waals surface area contributed by atoms with Crippen LogP contribution in [0.1, 0.15) is 63.3 Å². The highest BCUT2D eigenvalue weighted by Crippen LogP contribution is 2.40. The molecule has 0 aliphatic heterocycles. The van der Waals surface area contributed by atoms with Crippen molar-refractivity contribution in [1.29, 1.82) is 0 Å². The summed E-state index contributed by atoms with van der Waals surface area (Å²) in [4.78, 5) is 9.54. The minimum atomic E-state index is 0.592. The molecular formula is C17H28N4. The van der Waals surface area contributed by atoms with Gasteiger partial charge in [0, 0.05) is 24.6 Å².